The van der Waals surface area contributed by atoms with E-state index < -0.39 is 9.84 Å². The summed E-state index contributed by atoms with van der Waals surface area (Å²) in [5, 5.41) is 2.91. The van der Waals surface area contributed by atoms with Crippen LogP contribution in [0.5, 0.6) is 11.5 Å². The van der Waals surface area contributed by atoms with Crippen LogP contribution in [-0.4, -0.2) is 33.8 Å². The fourth-order valence-corrected chi connectivity index (χ4v) is 3.41. The smallest absolute Gasteiger partial charge is 0.252 e. The molecule has 0 spiro atoms. The summed E-state index contributed by atoms with van der Waals surface area (Å²) in [5.41, 5.74) is 1.93. The molecule has 0 bridgehead atoms. The third-order valence-electron chi connectivity index (χ3n) is 4.30. The lowest BCUT2D eigenvalue weighted by Gasteiger charge is -2.21. The van der Waals surface area contributed by atoms with E-state index in [9.17, 15) is 13.2 Å². The van der Waals surface area contributed by atoms with Crippen LogP contribution in [0.4, 0.5) is 0 Å². The van der Waals surface area contributed by atoms with Crippen molar-refractivity contribution in [3.63, 3.8) is 0 Å². The fourth-order valence-electron chi connectivity index (χ4n) is 2.76. The average Bonchev–Trinajstić information content (AvgIpc) is 2.60. The number of hydrogen-bond donors (Lipinski definition) is 1. The van der Waals surface area contributed by atoms with Gasteiger partial charge in [0.1, 0.15) is 13.2 Å². The van der Waals surface area contributed by atoms with E-state index in [4.69, 9.17) is 9.47 Å². The topological polar surface area (TPSA) is 81.7 Å². The minimum Gasteiger partial charge on any atom is -0.486 e. The van der Waals surface area contributed by atoms with Crippen molar-refractivity contribution in [2.75, 3.05) is 19.5 Å². The molecule has 1 heterocycles. The van der Waals surface area contributed by atoms with Gasteiger partial charge in [-0.2, -0.15) is 0 Å². The molecule has 1 amide bonds. The summed E-state index contributed by atoms with van der Waals surface area (Å²) in [6, 6.07) is 9.82. The Bertz CT molecular complexity index is 952. The molecule has 2 aromatic carbocycles. The molecule has 138 valence electrons. The number of rotatable bonds is 4. The Hall–Kier alpha value is -2.54. The third-order valence-corrected chi connectivity index (χ3v) is 5.41. The number of sulfone groups is 1. The highest BCUT2D eigenvalue weighted by Crippen LogP contribution is 2.32. The van der Waals surface area contributed by atoms with Crippen molar-refractivity contribution >= 4 is 15.7 Å². The molecule has 0 radical (unpaired) electrons. The molecule has 1 N–H and O–H groups in total. The zero-order valence-corrected chi connectivity index (χ0v) is 15.7. The van der Waals surface area contributed by atoms with Gasteiger partial charge in [0.2, 0.25) is 0 Å². The fraction of sp³-hybridized carbons (Fsp3) is 0.316. The average molecular weight is 375 g/mol. The minimum absolute atomic E-state index is 0.125. The maximum Gasteiger partial charge on any atom is 0.252 e. The highest BCUT2D eigenvalue weighted by molar-refractivity contribution is 7.90. The summed E-state index contributed by atoms with van der Waals surface area (Å²) < 4.78 is 34.6. The Kier molecular flexibility index (Phi) is 4.91. The highest BCUT2D eigenvalue weighted by atomic mass is 32.2. The number of amides is 1. The summed E-state index contributed by atoms with van der Waals surface area (Å²) in [4.78, 5) is 12.8. The van der Waals surface area contributed by atoms with Crippen molar-refractivity contribution in [3.8, 4) is 11.5 Å². The second-order valence-electron chi connectivity index (χ2n) is 6.35. The maximum atomic E-state index is 12.7. The van der Waals surface area contributed by atoms with Gasteiger partial charge in [-0.1, -0.05) is 12.1 Å². The number of ether oxygens (including phenoxy) is 2. The molecule has 0 saturated heterocycles. The van der Waals surface area contributed by atoms with E-state index in [0.29, 0.717) is 35.8 Å². The molecular weight excluding hydrogens is 354 g/mol. The first kappa shape index (κ1) is 18.3. The number of nitrogens with one attached hydrogen (secondary N) is 1. The second kappa shape index (κ2) is 6.99. The van der Waals surface area contributed by atoms with Crippen LogP contribution in [0, 0.1) is 6.92 Å². The summed E-state index contributed by atoms with van der Waals surface area (Å²) in [7, 11) is -3.38. The predicted octanol–water partition coefficient (Wildman–Crippen LogP) is 2.66. The van der Waals surface area contributed by atoms with E-state index in [1.54, 1.807) is 13.0 Å². The van der Waals surface area contributed by atoms with Crippen molar-refractivity contribution in [1.82, 2.24) is 5.32 Å². The van der Waals surface area contributed by atoms with Crippen LogP contribution < -0.4 is 14.8 Å². The Morgan fingerprint density at radius 2 is 1.77 bits per heavy atom. The van der Waals surface area contributed by atoms with Crippen LogP contribution >= 0.6 is 0 Å². The SMILES string of the molecule is Cc1ccc(S(C)(=O)=O)cc1C(=O)N[C@@H](C)c1ccc2c(c1)OCCO2. The van der Waals surface area contributed by atoms with Gasteiger partial charge in [0.25, 0.3) is 5.91 Å². The zero-order valence-electron chi connectivity index (χ0n) is 14.9. The summed E-state index contributed by atoms with van der Waals surface area (Å²) in [6.45, 7) is 4.65. The molecule has 26 heavy (non-hydrogen) atoms. The Morgan fingerprint density at radius 1 is 1.08 bits per heavy atom. The molecular formula is C19H21NO5S. The molecule has 0 saturated carbocycles. The number of carbonyl (C=O) groups is 1. The quantitative estimate of drug-likeness (QED) is 0.888. The van der Waals surface area contributed by atoms with Crippen LogP contribution in [0.3, 0.4) is 0 Å². The van der Waals surface area contributed by atoms with Crippen molar-refractivity contribution in [1.29, 1.82) is 0 Å². The van der Waals surface area contributed by atoms with Crippen LogP contribution in [0.2, 0.25) is 0 Å². The van der Waals surface area contributed by atoms with Gasteiger partial charge in [0.05, 0.1) is 10.9 Å². The van der Waals surface area contributed by atoms with Crippen molar-refractivity contribution in [3.05, 3.63) is 53.1 Å². The van der Waals surface area contributed by atoms with Gasteiger partial charge in [-0.15, -0.1) is 0 Å². The van der Waals surface area contributed by atoms with E-state index in [0.717, 1.165) is 11.8 Å². The lowest BCUT2D eigenvalue weighted by atomic mass is 10.0. The Labute approximate surface area is 153 Å². The highest BCUT2D eigenvalue weighted by Gasteiger charge is 2.19. The summed E-state index contributed by atoms with van der Waals surface area (Å²) >= 11 is 0. The molecule has 0 aromatic heterocycles. The minimum atomic E-state index is -3.38. The first-order valence-corrected chi connectivity index (χ1v) is 10.2. The van der Waals surface area contributed by atoms with Gasteiger partial charge < -0.3 is 14.8 Å². The summed E-state index contributed by atoms with van der Waals surface area (Å²) in [5.74, 6) is 1.02. The first-order valence-electron chi connectivity index (χ1n) is 8.27. The van der Waals surface area contributed by atoms with E-state index in [2.05, 4.69) is 5.32 Å². The third kappa shape index (κ3) is 3.83. The number of aryl methyl sites for hydroxylation is 1. The van der Waals surface area contributed by atoms with E-state index >= 15 is 0 Å². The zero-order chi connectivity index (χ0) is 18.9. The maximum absolute atomic E-state index is 12.7. The normalized spacial score (nSPS) is 14.6. The van der Waals surface area contributed by atoms with Gasteiger partial charge in [-0.05, 0) is 49.2 Å². The standard InChI is InChI=1S/C19H21NO5S/c1-12-4-6-15(26(3,22)23)11-16(12)19(21)20-13(2)14-5-7-17-18(10-14)25-9-8-24-17/h4-7,10-11,13H,8-9H2,1-3H3,(H,20,21)/t13-/m0/s1. The molecule has 6 nitrogen and oxygen atoms in total. The van der Waals surface area contributed by atoms with Crippen LogP contribution in [0.1, 0.15) is 34.5 Å². The van der Waals surface area contributed by atoms with E-state index in [1.807, 2.05) is 25.1 Å². The van der Waals surface area contributed by atoms with Gasteiger partial charge in [0, 0.05) is 11.8 Å². The van der Waals surface area contributed by atoms with Crippen LogP contribution in [0.25, 0.3) is 0 Å². The molecule has 0 aliphatic carbocycles. The van der Waals surface area contributed by atoms with Crippen LogP contribution in [-0.2, 0) is 9.84 Å². The van der Waals surface area contributed by atoms with Crippen molar-refractivity contribution < 1.29 is 22.7 Å². The second-order valence-corrected chi connectivity index (χ2v) is 8.36. The molecule has 1 atom stereocenters. The number of fused-ring (bicyclic) bond motifs is 1. The van der Waals surface area contributed by atoms with E-state index in [-0.39, 0.29) is 16.8 Å². The number of benzene rings is 2. The number of carbonyl (C=O) groups excluding carboxylic acids is 1. The Morgan fingerprint density at radius 3 is 2.46 bits per heavy atom. The molecule has 3 rings (SSSR count). The lowest BCUT2D eigenvalue weighted by molar-refractivity contribution is 0.0939. The first-order chi connectivity index (χ1) is 12.3. The molecule has 1 aliphatic heterocycles. The summed E-state index contributed by atoms with van der Waals surface area (Å²) in [6.07, 6.45) is 1.12. The lowest BCUT2D eigenvalue weighted by Crippen LogP contribution is -2.27. The molecule has 0 unspecified atom stereocenters. The van der Waals surface area contributed by atoms with E-state index in [1.165, 1.54) is 12.1 Å². The predicted molar refractivity (Wildman–Crippen MR) is 97.6 cm³/mol. The van der Waals surface area contributed by atoms with Gasteiger partial charge >= 0.3 is 0 Å². The van der Waals surface area contributed by atoms with Gasteiger partial charge in [-0.3, -0.25) is 4.79 Å². The van der Waals surface area contributed by atoms with Gasteiger partial charge in [-0.25, -0.2) is 8.42 Å². The number of hydrogen-bond acceptors (Lipinski definition) is 5. The van der Waals surface area contributed by atoms with Crippen molar-refractivity contribution in [2.45, 2.75) is 24.8 Å². The molecule has 1 aliphatic rings. The van der Waals surface area contributed by atoms with Gasteiger partial charge in [0.15, 0.2) is 21.3 Å². The largest absolute Gasteiger partial charge is 0.486 e. The molecule has 7 heteroatoms. The van der Waals surface area contributed by atoms with Crippen molar-refractivity contribution in [2.24, 2.45) is 0 Å². The molecule has 0 fully saturated rings. The monoisotopic (exact) mass is 375 g/mol. The molecule has 2 aromatic rings. The van der Waals surface area contributed by atoms with Crippen LogP contribution in [0.15, 0.2) is 41.3 Å². The Balaban J connectivity index is 1.81.